The molecule has 1 spiro atoms. The maximum Gasteiger partial charge on any atom is 0.0991 e. The van der Waals surface area contributed by atoms with E-state index in [4.69, 9.17) is 0 Å². The molecule has 0 fully saturated rings. The van der Waals surface area contributed by atoms with Crippen molar-refractivity contribution in [3.8, 4) is 22.9 Å². The third kappa shape index (κ3) is 3.14. The zero-order valence-electron chi connectivity index (χ0n) is 28.4. The van der Waals surface area contributed by atoms with Crippen LogP contribution in [0.1, 0.15) is 102 Å². The van der Waals surface area contributed by atoms with E-state index in [1.165, 1.54) is 96.0 Å². The smallest absolute Gasteiger partial charge is 0.0991 e. The Balaban J connectivity index is 1.35. The number of aromatic nitrogens is 1. The predicted octanol–water partition coefficient (Wildman–Crippen LogP) is 11.2. The molecular formula is C47H36N2. The molecule has 0 atom stereocenters. The molecule has 6 aromatic carbocycles. The van der Waals surface area contributed by atoms with Crippen LogP contribution in [0.2, 0.25) is 0 Å². The minimum Gasteiger partial charge on any atom is -0.309 e. The number of nitriles is 1. The normalized spacial score (nSPS) is 21.1. The summed E-state index contributed by atoms with van der Waals surface area (Å²) < 4.78 is 2.64. The predicted molar refractivity (Wildman–Crippen MR) is 199 cm³/mol. The van der Waals surface area contributed by atoms with Crippen molar-refractivity contribution < 1.29 is 0 Å². The molecule has 2 nitrogen and oxygen atoms in total. The van der Waals surface area contributed by atoms with Gasteiger partial charge in [0.2, 0.25) is 0 Å². The molecule has 4 aliphatic carbocycles. The second-order valence-corrected chi connectivity index (χ2v) is 16.2. The lowest BCUT2D eigenvalue weighted by atomic mass is 9.49. The Bertz CT molecular complexity index is 2630. The zero-order chi connectivity index (χ0) is 33.0. The van der Waals surface area contributed by atoms with E-state index in [0.29, 0.717) is 5.56 Å². The van der Waals surface area contributed by atoms with E-state index in [0.717, 1.165) is 5.56 Å². The zero-order valence-corrected chi connectivity index (χ0v) is 28.4. The lowest BCUT2D eigenvalue weighted by Crippen LogP contribution is -2.46. The standard InChI is InChI=1S/C47H36N2/c1-45(2)21-22-46(3,4)38-25-41-39(24-37(38)45)47-35-11-7-5-9-31(35)42(32-10-6-8-12-36(32)47)33-19-18-30-34-23-29(28-15-13-27(26-48)14-16-28)17-20-40(34)49(41)44(30)43(33)47/h5-20,23-25,42H,21-22H2,1-4H3. The van der Waals surface area contributed by atoms with E-state index in [1.807, 2.05) is 12.1 Å². The highest BCUT2D eigenvalue weighted by Gasteiger charge is 2.57. The Labute approximate surface area is 287 Å². The van der Waals surface area contributed by atoms with Crippen LogP contribution >= 0.6 is 0 Å². The van der Waals surface area contributed by atoms with Crippen LogP contribution in [0.25, 0.3) is 38.6 Å². The van der Waals surface area contributed by atoms with Crippen molar-refractivity contribution in [2.75, 3.05) is 0 Å². The van der Waals surface area contributed by atoms with Crippen molar-refractivity contribution in [1.29, 1.82) is 5.26 Å². The summed E-state index contributed by atoms with van der Waals surface area (Å²) in [5.41, 5.74) is 19.8. The highest BCUT2D eigenvalue weighted by Crippen LogP contribution is 2.66. The Morgan fingerprint density at radius 3 is 1.90 bits per heavy atom. The minimum atomic E-state index is -0.404. The summed E-state index contributed by atoms with van der Waals surface area (Å²) in [6, 6.07) is 46.0. The third-order valence-corrected chi connectivity index (χ3v) is 13.0. The molecule has 2 bridgehead atoms. The summed E-state index contributed by atoms with van der Waals surface area (Å²) in [6.07, 6.45) is 2.37. The molecular weight excluding hydrogens is 593 g/mol. The van der Waals surface area contributed by atoms with Gasteiger partial charge in [-0.05, 0) is 110 Å². The highest BCUT2D eigenvalue weighted by molar-refractivity contribution is 6.14. The van der Waals surface area contributed by atoms with Gasteiger partial charge < -0.3 is 4.57 Å². The van der Waals surface area contributed by atoms with Crippen molar-refractivity contribution in [3.63, 3.8) is 0 Å². The number of benzene rings is 6. The van der Waals surface area contributed by atoms with Crippen molar-refractivity contribution >= 4 is 21.8 Å². The lowest BCUT2D eigenvalue weighted by molar-refractivity contribution is 0.331. The first kappa shape index (κ1) is 27.5. The maximum atomic E-state index is 9.42. The molecule has 2 heterocycles. The number of hydrogen-bond donors (Lipinski definition) is 0. The molecule has 12 rings (SSSR count). The van der Waals surface area contributed by atoms with E-state index in [-0.39, 0.29) is 16.7 Å². The minimum absolute atomic E-state index is 0.0878. The fraction of sp³-hybridized carbons (Fsp3) is 0.213. The van der Waals surface area contributed by atoms with Crippen molar-refractivity contribution in [1.82, 2.24) is 4.57 Å². The number of rotatable bonds is 1. The van der Waals surface area contributed by atoms with Crippen LogP contribution in [0.3, 0.4) is 0 Å². The Kier molecular flexibility index (Phi) is 4.94. The van der Waals surface area contributed by atoms with Gasteiger partial charge in [-0.1, -0.05) is 113 Å². The molecule has 0 N–H and O–H groups in total. The van der Waals surface area contributed by atoms with E-state index in [1.54, 1.807) is 0 Å². The van der Waals surface area contributed by atoms with Crippen LogP contribution < -0.4 is 0 Å². The highest BCUT2D eigenvalue weighted by atomic mass is 15.0. The topological polar surface area (TPSA) is 28.7 Å². The molecule has 5 aliphatic rings. The lowest BCUT2D eigenvalue weighted by Gasteiger charge is -2.54. The van der Waals surface area contributed by atoms with Crippen LogP contribution in [0.5, 0.6) is 0 Å². The summed E-state index contributed by atoms with van der Waals surface area (Å²) in [6.45, 7) is 9.82. The molecule has 2 heteroatoms. The fourth-order valence-corrected chi connectivity index (χ4v) is 10.5. The molecule has 0 saturated carbocycles. The van der Waals surface area contributed by atoms with Gasteiger partial charge in [0.05, 0.1) is 33.8 Å². The Morgan fingerprint density at radius 1 is 0.592 bits per heavy atom. The number of nitrogens with zero attached hydrogens (tertiary/aromatic N) is 2. The summed E-state index contributed by atoms with van der Waals surface area (Å²) >= 11 is 0. The van der Waals surface area contributed by atoms with E-state index in [9.17, 15) is 5.26 Å². The van der Waals surface area contributed by atoms with Gasteiger partial charge in [0, 0.05) is 22.3 Å². The molecule has 234 valence electrons. The summed E-state index contributed by atoms with van der Waals surface area (Å²) in [5, 5.41) is 12.0. The van der Waals surface area contributed by atoms with Crippen LogP contribution in [-0.4, -0.2) is 4.57 Å². The molecule has 7 aromatic rings. The monoisotopic (exact) mass is 628 g/mol. The Hall–Kier alpha value is -5.39. The first-order valence-corrected chi connectivity index (χ1v) is 17.7. The maximum absolute atomic E-state index is 9.42. The second kappa shape index (κ2) is 8.79. The van der Waals surface area contributed by atoms with E-state index >= 15 is 0 Å². The molecule has 0 saturated heterocycles. The summed E-state index contributed by atoms with van der Waals surface area (Å²) in [4.78, 5) is 0. The average Bonchev–Trinajstić information content (AvgIpc) is 3.47. The molecule has 0 unspecified atom stereocenters. The molecule has 1 aliphatic heterocycles. The van der Waals surface area contributed by atoms with Gasteiger partial charge in [0.15, 0.2) is 0 Å². The van der Waals surface area contributed by atoms with Gasteiger partial charge in [0.25, 0.3) is 0 Å². The van der Waals surface area contributed by atoms with Crippen molar-refractivity contribution in [2.45, 2.75) is 62.7 Å². The average molecular weight is 629 g/mol. The van der Waals surface area contributed by atoms with Gasteiger partial charge in [-0.3, -0.25) is 0 Å². The van der Waals surface area contributed by atoms with Crippen molar-refractivity contribution in [3.05, 3.63) is 171 Å². The number of hydrogen-bond acceptors (Lipinski definition) is 1. The molecule has 0 radical (unpaired) electrons. The molecule has 49 heavy (non-hydrogen) atoms. The van der Waals surface area contributed by atoms with Crippen LogP contribution in [0.15, 0.2) is 115 Å². The first-order chi connectivity index (χ1) is 23.7. The second-order valence-electron chi connectivity index (χ2n) is 16.2. The first-order valence-electron chi connectivity index (χ1n) is 17.7. The fourth-order valence-electron chi connectivity index (χ4n) is 10.5. The van der Waals surface area contributed by atoms with Crippen LogP contribution in [0.4, 0.5) is 0 Å². The van der Waals surface area contributed by atoms with Gasteiger partial charge in [0.1, 0.15) is 0 Å². The van der Waals surface area contributed by atoms with E-state index < -0.39 is 5.41 Å². The van der Waals surface area contributed by atoms with Crippen LogP contribution in [0, 0.1) is 11.3 Å². The van der Waals surface area contributed by atoms with Crippen LogP contribution in [-0.2, 0) is 16.2 Å². The van der Waals surface area contributed by atoms with Gasteiger partial charge in [-0.2, -0.15) is 5.26 Å². The summed E-state index contributed by atoms with van der Waals surface area (Å²) in [5.74, 6) is 0.212. The van der Waals surface area contributed by atoms with E-state index in [2.05, 4.69) is 141 Å². The molecule has 1 aromatic heterocycles. The number of fused-ring (bicyclic) bond motifs is 6. The van der Waals surface area contributed by atoms with Crippen molar-refractivity contribution in [2.24, 2.45) is 0 Å². The SMILES string of the molecule is CC1(C)CCC(C)(C)c2cc3c(cc21)-n1c2ccc(-c4ccc(C#N)cc4)cc2c2ccc4c(c21)C31c2ccccc2C4c2ccccc21. The van der Waals surface area contributed by atoms with Gasteiger partial charge >= 0.3 is 0 Å². The quantitative estimate of drug-likeness (QED) is 0.178. The Morgan fingerprint density at radius 2 is 1.22 bits per heavy atom. The largest absolute Gasteiger partial charge is 0.309 e. The molecule has 0 amide bonds. The summed E-state index contributed by atoms with van der Waals surface area (Å²) in [7, 11) is 0. The van der Waals surface area contributed by atoms with Gasteiger partial charge in [-0.25, -0.2) is 0 Å². The third-order valence-electron chi connectivity index (χ3n) is 13.0. The van der Waals surface area contributed by atoms with Gasteiger partial charge in [-0.15, -0.1) is 0 Å².